The van der Waals surface area contributed by atoms with E-state index in [0.29, 0.717) is 37.1 Å². The molecule has 13 heteroatoms. The lowest BCUT2D eigenvalue weighted by atomic mass is 10.0. The van der Waals surface area contributed by atoms with Crippen molar-refractivity contribution < 1.29 is 28.7 Å². The molecule has 0 aliphatic heterocycles. The van der Waals surface area contributed by atoms with E-state index < -0.39 is 36.0 Å². The smallest absolute Gasteiger partial charge is 0.252 e. The quantitative estimate of drug-likeness (QED) is 0.0975. The summed E-state index contributed by atoms with van der Waals surface area (Å²) in [7, 11) is 0. The second-order valence-electron chi connectivity index (χ2n) is 12.6. The van der Waals surface area contributed by atoms with E-state index in [0.717, 1.165) is 0 Å². The number of hydrogen-bond acceptors (Lipinski definition) is 7. The Kier molecular flexibility index (Phi) is 17.1. The summed E-state index contributed by atoms with van der Waals surface area (Å²) in [5.74, 6) is -2.06. The van der Waals surface area contributed by atoms with Gasteiger partial charge in [-0.2, -0.15) is 4.73 Å². The van der Waals surface area contributed by atoms with Gasteiger partial charge in [-0.15, -0.1) is 0 Å². The number of nitrogens with zero attached hydrogens (tertiary/aromatic N) is 1. The molecule has 0 saturated heterocycles. The summed E-state index contributed by atoms with van der Waals surface area (Å²) in [4.78, 5) is 64.9. The Morgan fingerprint density at radius 3 is 1.84 bits per heavy atom. The fourth-order valence-corrected chi connectivity index (χ4v) is 4.72. The summed E-state index contributed by atoms with van der Waals surface area (Å²) in [6.45, 7) is 17.5. The van der Waals surface area contributed by atoms with Crippen molar-refractivity contribution in [3.63, 3.8) is 0 Å². The molecule has 0 radical (unpaired) electrons. The highest BCUT2D eigenvalue weighted by molar-refractivity contribution is 5.98. The number of pyridine rings is 1. The minimum Gasteiger partial charge on any atom is -0.619 e. The fourth-order valence-electron chi connectivity index (χ4n) is 4.72. The van der Waals surface area contributed by atoms with Crippen molar-refractivity contribution in [2.45, 2.75) is 112 Å². The fraction of sp³-hybridized carbons (Fsp3) is 0.688. The molecule has 0 aliphatic rings. The van der Waals surface area contributed by atoms with Crippen molar-refractivity contribution in [1.82, 2.24) is 31.9 Å². The van der Waals surface area contributed by atoms with Gasteiger partial charge in [-0.05, 0) is 44.4 Å². The first kappa shape index (κ1) is 39.3. The average molecular weight is 634 g/mol. The zero-order valence-electron chi connectivity index (χ0n) is 28.4. The number of nitrogens with one attached hydrogen (secondary N) is 6. The maximum Gasteiger partial charge on any atom is 0.252 e. The van der Waals surface area contributed by atoms with Gasteiger partial charge in [0.05, 0.1) is 11.6 Å². The molecule has 0 fully saturated rings. The van der Waals surface area contributed by atoms with E-state index in [1.54, 1.807) is 20.8 Å². The molecular formula is C32H55N7O6. The first-order valence-electron chi connectivity index (χ1n) is 16.0. The van der Waals surface area contributed by atoms with Crippen LogP contribution in [0.5, 0.6) is 0 Å². The first-order chi connectivity index (χ1) is 21.1. The van der Waals surface area contributed by atoms with Gasteiger partial charge in [-0.3, -0.25) is 24.0 Å². The Bertz CT molecular complexity index is 1110. The number of hydrogen-bond donors (Lipinski definition) is 6. The highest BCUT2D eigenvalue weighted by atomic mass is 16.5. The summed E-state index contributed by atoms with van der Waals surface area (Å²) in [6, 6.07) is -0.646. The summed E-state index contributed by atoms with van der Waals surface area (Å²) in [5, 5.41) is 28.6. The third-order valence-electron chi connectivity index (χ3n) is 7.27. The predicted octanol–water partition coefficient (Wildman–Crippen LogP) is 1.15. The Balaban J connectivity index is 2.93. The van der Waals surface area contributed by atoms with Crippen molar-refractivity contribution >= 4 is 29.5 Å². The van der Waals surface area contributed by atoms with Crippen LogP contribution in [0.2, 0.25) is 0 Å². The molecule has 13 nitrogen and oxygen atoms in total. The van der Waals surface area contributed by atoms with E-state index in [2.05, 4.69) is 31.9 Å². The van der Waals surface area contributed by atoms with Gasteiger partial charge >= 0.3 is 0 Å². The molecule has 1 rings (SSSR count). The van der Waals surface area contributed by atoms with Crippen LogP contribution in [0.4, 0.5) is 0 Å². The lowest BCUT2D eigenvalue weighted by Crippen LogP contribution is -2.58. The Labute approximate surface area is 268 Å². The van der Waals surface area contributed by atoms with Crippen LogP contribution < -0.4 is 36.6 Å². The van der Waals surface area contributed by atoms with E-state index in [1.807, 2.05) is 41.5 Å². The van der Waals surface area contributed by atoms with Crippen molar-refractivity contribution in [2.75, 3.05) is 13.1 Å². The SMILES string of the molecule is CCC[C@H](NC(=O)[C@@H](NC(=O)c1cc[n+]([O-])cc1)C(C)C)C(=O)N[C@H](CN[C@@H](C)C(=O)N[C@H](C(=O)NCC)C(C)C)CC(C)C. The van der Waals surface area contributed by atoms with Crippen LogP contribution >= 0.6 is 0 Å². The monoisotopic (exact) mass is 633 g/mol. The number of carbonyl (C=O) groups excluding carboxylic acids is 5. The number of carbonyl (C=O) groups is 5. The number of amides is 5. The summed E-state index contributed by atoms with van der Waals surface area (Å²) < 4.78 is 0.561. The van der Waals surface area contributed by atoms with Crippen molar-refractivity contribution in [3.8, 4) is 0 Å². The molecule has 6 N–H and O–H groups in total. The molecule has 0 spiro atoms. The molecule has 5 amide bonds. The van der Waals surface area contributed by atoms with Crippen molar-refractivity contribution in [2.24, 2.45) is 17.8 Å². The van der Waals surface area contributed by atoms with E-state index in [1.165, 1.54) is 24.5 Å². The highest BCUT2D eigenvalue weighted by Crippen LogP contribution is 2.09. The third-order valence-corrected chi connectivity index (χ3v) is 7.27. The molecule has 45 heavy (non-hydrogen) atoms. The summed E-state index contributed by atoms with van der Waals surface area (Å²) in [5.41, 5.74) is 0.235. The van der Waals surface area contributed by atoms with Crippen LogP contribution in [-0.4, -0.2) is 72.8 Å². The lowest BCUT2D eigenvalue weighted by Gasteiger charge is -2.28. The zero-order valence-corrected chi connectivity index (χ0v) is 28.4. The summed E-state index contributed by atoms with van der Waals surface area (Å²) in [6.07, 6.45) is 4.03. The highest BCUT2D eigenvalue weighted by Gasteiger charge is 2.30. The molecule has 0 aromatic carbocycles. The molecule has 0 aliphatic carbocycles. The lowest BCUT2D eigenvalue weighted by molar-refractivity contribution is -0.605. The minimum atomic E-state index is -0.911. The molecular weight excluding hydrogens is 578 g/mol. The molecule has 1 aromatic heterocycles. The second-order valence-corrected chi connectivity index (χ2v) is 12.6. The van der Waals surface area contributed by atoms with Gasteiger partial charge in [-0.1, -0.05) is 54.9 Å². The summed E-state index contributed by atoms with van der Waals surface area (Å²) >= 11 is 0. The Hall–Kier alpha value is -3.74. The van der Waals surface area contributed by atoms with Gasteiger partial charge in [0.1, 0.15) is 18.1 Å². The topological polar surface area (TPSA) is 184 Å². The Morgan fingerprint density at radius 1 is 0.756 bits per heavy atom. The average Bonchev–Trinajstić information content (AvgIpc) is 2.96. The largest absolute Gasteiger partial charge is 0.619 e. The molecule has 0 saturated carbocycles. The first-order valence-corrected chi connectivity index (χ1v) is 16.0. The third kappa shape index (κ3) is 13.8. The number of aromatic nitrogens is 1. The molecule has 5 atom stereocenters. The molecule has 1 heterocycles. The van der Waals surface area contributed by atoms with Gasteiger partial charge in [0.25, 0.3) is 5.91 Å². The number of likely N-dealkylation sites (N-methyl/N-ethyl adjacent to an activating group) is 1. The van der Waals surface area contributed by atoms with Gasteiger partial charge in [0.2, 0.25) is 23.6 Å². The van der Waals surface area contributed by atoms with Gasteiger partial charge in [0, 0.05) is 31.3 Å². The second kappa shape index (κ2) is 19.6. The molecule has 254 valence electrons. The van der Waals surface area contributed by atoms with E-state index in [4.69, 9.17) is 0 Å². The van der Waals surface area contributed by atoms with E-state index >= 15 is 0 Å². The van der Waals surface area contributed by atoms with Crippen LogP contribution in [0.25, 0.3) is 0 Å². The van der Waals surface area contributed by atoms with Crippen LogP contribution in [0, 0.1) is 23.0 Å². The van der Waals surface area contributed by atoms with Gasteiger partial charge in [-0.25, -0.2) is 0 Å². The van der Waals surface area contributed by atoms with E-state index in [-0.39, 0.29) is 47.1 Å². The van der Waals surface area contributed by atoms with Crippen LogP contribution in [0.3, 0.4) is 0 Å². The maximum absolute atomic E-state index is 13.5. The zero-order chi connectivity index (χ0) is 34.3. The van der Waals surface area contributed by atoms with E-state index in [9.17, 15) is 29.2 Å². The maximum atomic E-state index is 13.5. The van der Waals surface area contributed by atoms with Crippen molar-refractivity contribution in [3.05, 3.63) is 35.3 Å². The minimum absolute atomic E-state index is 0.0977. The number of rotatable bonds is 19. The molecule has 0 bridgehead atoms. The van der Waals surface area contributed by atoms with Gasteiger partial charge in [0.15, 0.2) is 12.4 Å². The standard InChI is InChI=1S/C32H55N7O6/c1-10-12-25(36-32(44)27(21(7)8)38-29(41)23-13-15-39(45)16-14-23)30(42)35-24(17-19(3)4)18-34-22(9)28(40)37-26(20(5)6)31(43)33-11-2/h13-16,19-22,24-27,34H,10-12,17-18H2,1-9H3,(H,33,43)(H,35,42)(H,36,44)(H,37,40)(H,38,41)/t22-,24-,25-,26-,27-/m0/s1. The molecule has 0 unspecified atom stereocenters. The molecule has 1 aromatic rings. The predicted molar refractivity (Wildman–Crippen MR) is 173 cm³/mol. The van der Waals surface area contributed by atoms with Gasteiger partial charge < -0.3 is 37.1 Å². The normalized spacial score (nSPS) is 14.7. The van der Waals surface area contributed by atoms with Crippen LogP contribution in [0.1, 0.15) is 91.9 Å². The van der Waals surface area contributed by atoms with Crippen molar-refractivity contribution in [1.29, 1.82) is 0 Å². The van der Waals surface area contributed by atoms with Crippen LogP contribution in [0.15, 0.2) is 24.5 Å². The Morgan fingerprint density at radius 2 is 1.33 bits per heavy atom. The van der Waals surface area contributed by atoms with Crippen LogP contribution in [-0.2, 0) is 19.2 Å².